The summed E-state index contributed by atoms with van der Waals surface area (Å²) >= 11 is 5.33. The normalized spacial score (nSPS) is 10.4. The third-order valence-corrected chi connectivity index (χ3v) is 2.55. The summed E-state index contributed by atoms with van der Waals surface area (Å²) in [5, 5.41) is 0.833. The van der Waals surface area contributed by atoms with Crippen molar-refractivity contribution in [3.05, 3.63) is 12.8 Å². The fourth-order valence-electron chi connectivity index (χ4n) is 0.913. The lowest BCUT2D eigenvalue weighted by Crippen LogP contribution is -2.44. The first kappa shape index (κ1) is 12.4. The molecule has 0 aliphatic rings. The van der Waals surface area contributed by atoms with E-state index in [0.29, 0.717) is 12.1 Å². The summed E-state index contributed by atoms with van der Waals surface area (Å²) in [5.74, 6) is 0. The molecule has 0 aromatic carbocycles. The van der Waals surface area contributed by atoms with Crippen LogP contribution in [0.4, 0.5) is 0 Å². The Morgan fingerprint density at radius 1 is 1.23 bits per heavy atom. The molecule has 0 bridgehead atoms. The van der Waals surface area contributed by atoms with Gasteiger partial charge in [0.2, 0.25) is 0 Å². The highest BCUT2D eigenvalue weighted by molar-refractivity contribution is 7.80. The Morgan fingerprint density at radius 3 is 1.92 bits per heavy atom. The van der Waals surface area contributed by atoms with E-state index < -0.39 is 0 Å². The average molecular weight is 200 g/mol. The number of rotatable bonds is 3. The van der Waals surface area contributed by atoms with E-state index in [9.17, 15) is 0 Å². The third kappa shape index (κ3) is 3.35. The average Bonchev–Trinajstić information content (AvgIpc) is 2.03. The lowest BCUT2D eigenvalue weighted by Gasteiger charge is -2.33. The highest BCUT2D eigenvalue weighted by Crippen LogP contribution is 2.06. The fraction of sp³-hybridized carbons (Fsp3) is 0.700. The maximum absolute atomic E-state index is 5.33. The van der Waals surface area contributed by atoms with E-state index in [0.717, 1.165) is 5.11 Å². The van der Waals surface area contributed by atoms with E-state index in [2.05, 4.69) is 39.2 Å². The zero-order valence-corrected chi connectivity index (χ0v) is 10.1. The molecule has 0 spiro atoms. The maximum atomic E-state index is 5.33. The molecule has 0 heterocycles. The Kier molecular flexibility index (Phi) is 4.99. The molecule has 13 heavy (non-hydrogen) atoms. The molecule has 2 nitrogen and oxygen atoms in total. The van der Waals surface area contributed by atoms with Crippen molar-refractivity contribution >= 4 is 17.3 Å². The summed E-state index contributed by atoms with van der Waals surface area (Å²) in [6, 6.07) is 0.792. The lowest BCUT2D eigenvalue weighted by atomic mass is 10.3. The monoisotopic (exact) mass is 200 g/mol. The van der Waals surface area contributed by atoms with Crippen molar-refractivity contribution < 1.29 is 0 Å². The smallest absolute Gasteiger partial charge is 0.175 e. The minimum absolute atomic E-state index is 0.367. The van der Waals surface area contributed by atoms with Crippen LogP contribution in [0, 0.1) is 0 Å². The van der Waals surface area contributed by atoms with Crippen LogP contribution in [0.25, 0.3) is 0 Å². The van der Waals surface area contributed by atoms with Gasteiger partial charge in [-0.15, -0.1) is 0 Å². The van der Waals surface area contributed by atoms with Crippen molar-refractivity contribution in [2.45, 2.75) is 39.8 Å². The molecule has 0 atom stereocenters. The second-order valence-electron chi connectivity index (χ2n) is 3.67. The van der Waals surface area contributed by atoms with Gasteiger partial charge in [-0.1, -0.05) is 6.58 Å². The van der Waals surface area contributed by atoms with Gasteiger partial charge in [-0.05, 0) is 46.1 Å². The van der Waals surface area contributed by atoms with Crippen LogP contribution < -0.4 is 0 Å². The van der Waals surface area contributed by atoms with Crippen molar-refractivity contribution in [1.82, 2.24) is 9.80 Å². The van der Waals surface area contributed by atoms with Crippen molar-refractivity contribution in [3.63, 3.8) is 0 Å². The Bertz CT molecular complexity index is 187. The van der Waals surface area contributed by atoms with Crippen LogP contribution in [-0.4, -0.2) is 34.0 Å². The summed E-state index contributed by atoms with van der Waals surface area (Å²) < 4.78 is 0. The SMILES string of the molecule is C=CN(C(=S)N(C)C(C)C)C(C)C. The molecule has 0 saturated heterocycles. The second-order valence-corrected chi connectivity index (χ2v) is 4.04. The van der Waals surface area contributed by atoms with Gasteiger partial charge in [0.05, 0.1) is 0 Å². The summed E-state index contributed by atoms with van der Waals surface area (Å²) in [7, 11) is 2.01. The minimum atomic E-state index is 0.367. The Balaban J connectivity index is 4.46. The van der Waals surface area contributed by atoms with Crippen LogP contribution in [0.1, 0.15) is 27.7 Å². The number of hydrogen-bond acceptors (Lipinski definition) is 1. The van der Waals surface area contributed by atoms with Gasteiger partial charge in [0.15, 0.2) is 5.11 Å². The predicted octanol–water partition coefficient (Wildman–Crippen LogP) is 2.47. The first-order chi connectivity index (χ1) is 5.91. The second kappa shape index (κ2) is 5.22. The molecule has 76 valence electrons. The maximum Gasteiger partial charge on any atom is 0.175 e. The molecule has 0 amide bonds. The molecular weight excluding hydrogens is 180 g/mol. The van der Waals surface area contributed by atoms with E-state index in [-0.39, 0.29) is 0 Å². The first-order valence-electron chi connectivity index (χ1n) is 4.59. The van der Waals surface area contributed by atoms with E-state index >= 15 is 0 Å². The molecule has 0 N–H and O–H groups in total. The zero-order chi connectivity index (χ0) is 10.6. The van der Waals surface area contributed by atoms with E-state index in [1.807, 2.05) is 11.9 Å². The molecule has 3 heteroatoms. The van der Waals surface area contributed by atoms with Crippen LogP contribution in [0.2, 0.25) is 0 Å². The molecule has 0 rings (SSSR count). The predicted molar refractivity (Wildman–Crippen MR) is 62.7 cm³/mol. The molecule has 0 aliphatic heterocycles. The highest BCUT2D eigenvalue weighted by atomic mass is 32.1. The standard InChI is InChI=1S/C10H20N2S/c1-7-12(9(4)5)10(13)11(6)8(2)3/h7-9H,1H2,2-6H3. The molecule has 0 aliphatic carbocycles. The zero-order valence-electron chi connectivity index (χ0n) is 9.24. The van der Waals surface area contributed by atoms with Gasteiger partial charge in [-0.25, -0.2) is 0 Å². The minimum Gasteiger partial charge on any atom is -0.349 e. The van der Waals surface area contributed by atoms with Gasteiger partial charge in [-0.3, -0.25) is 0 Å². The van der Waals surface area contributed by atoms with Gasteiger partial charge in [0, 0.05) is 19.1 Å². The topological polar surface area (TPSA) is 6.48 Å². The first-order valence-corrected chi connectivity index (χ1v) is 5.00. The van der Waals surface area contributed by atoms with Gasteiger partial charge >= 0.3 is 0 Å². The highest BCUT2D eigenvalue weighted by Gasteiger charge is 2.15. The van der Waals surface area contributed by atoms with Gasteiger partial charge < -0.3 is 9.80 Å². The fourth-order valence-corrected chi connectivity index (χ4v) is 1.41. The van der Waals surface area contributed by atoms with Crippen molar-refractivity contribution in [3.8, 4) is 0 Å². The van der Waals surface area contributed by atoms with Gasteiger partial charge in [0.25, 0.3) is 0 Å². The van der Waals surface area contributed by atoms with E-state index in [1.54, 1.807) is 6.20 Å². The van der Waals surface area contributed by atoms with Crippen LogP contribution in [0.5, 0.6) is 0 Å². The lowest BCUT2D eigenvalue weighted by molar-refractivity contribution is 0.344. The summed E-state index contributed by atoms with van der Waals surface area (Å²) in [4.78, 5) is 4.06. The Hall–Kier alpha value is -0.570. The Labute approximate surface area is 87.2 Å². The molecule has 0 radical (unpaired) electrons. The number of hydrogen-bond donors (Lipinski definition) is 0. The van der Waals surface area contributed by atoms with Crippen LogP contribution in [0.15, 0.2) is 12.8 Å². The van der Waals surface area contributed by atoms with E-state index in [4.69, 9.17) is 12.2 Å². The van der Waals surface area contributed by atoms with Crippen molar-refractivity contribution in [1.29, 1.82) is 0 Å². The summed E-state index contributed by atoms with van der Waals surface area (Å²) in [6.07, 6.45) is 1.78. The quantitative estimate of drug-likeness (QED) is 0.646. The summed E-state index contributed by atoms with van der Waals surface area (Å²) in [6.45, 7) is 12.2. The Morgan fingerprint density at radius 2 is 1.69 bits per heavy atom. The molecule has 0 unspecified atom stereocenters. The molecule has 0 aromatic heterocycles. The number of thiocarbonyl (C=S) groups is 1. The molecular formula is C10H20N2S. The van der Waals surface area contributed by atoms with Crippen LogP contribution >= 0.6 is 12.2 Å². The van der Waals surface area contributed by atoms with Gasteiger partial charge in [-0.2, -0.15) is 0 Å². The van der Waals surface area contributed by atoms with Crippen LogP contribution in [0.3, 0.4) is 0 Å². The molecule has 0 aromatic rings. The largest absolute Gasteiger partial charge is 0.349 e. The molecule has 0 fully saturated rings. The molecule has 0 saturated carbocycles. The van der Waals surface area contributed by atoms with Gasteiger partial charge in [0.1, 0.15) is 0 Å². The summed E-state index contributed by atoms with van der Waals surface area (Å²) in [5.41, 5.74) is 0. The number of nitrogens with zero attached hydrogens (tertiary/aromatic N) is 2. The van der Waals surface area contributed by atoms with Crippen molar-refractivity contribution in [2.75, 3.05) is 7.05 Å². The third-order valence-electron chi connectivity index (χ3n) is 2.05. The van der Waals surface area contributed by atoms with Crippen LogP contribution in [-0.2, 0) is 0 Å². The van der Waals surface area contributed by atoms with E-state index in [1.165, 1.54) is 0 Å². The van der Waals surface area contributed by atoms with Crippen molar-refractivity contribution in [2.24, 2.45) is 0 Å².